The molecule has 1 aromatic carbocycles. The van der Waals surface area contributed by atoms with E-state index in [-0.39, 0.29) is 5.92 Å². The van der Waals surface area contributed by atoms with E-state index < -0.39 is 0 Å². The highest BCUT2D eigenvalue weighted by Gasteiger charge is 2.18. The van der Waals surface area contributed by atoms with E-state index in [1.807, 2.05) is 14.0 Å². The summed E-state index contributed by atoms with van der Waals surface area (Å²) >= 11 is 6.30. The third-order valence-corrected chi connectivity index (χ3v) is 4.11. The summed E-state index contributed by atoms with van der Waals surface area (Å²) in [4.78, 5) is 0. The maximum atomic E-state index is 6.30. The molecule has 102 valence electrons. The third kappa shape index (κ3) is 2.82. The summed E-state index contributed by atoms with van der Waals surface area (Å²) in [7, 11) is 1.87. The Morgan fingerprint density at radius 3 is 2.53 bits per heavy atom. The number of aryl methyl sites for hydroxylation is 3. The predicted octanol–water partition coefficient (Wildman–Crippen LogP) is 2.98. The smallest absolute Gasteiger partial charge is 0.130 e. The maximum Gasteiger partial charge on any atom is 0.130 e. The molecule has 0 aliphatic carbocycles. The molecule has 0 amide bonds. The van der Waals surface area contributed by atoms with E-state index in [1.54, 1.807) is 4.68 Å². The lowest BCUT2D eigenvalue weighted by atomic mass is 9.89. The topological polar surface area (TPSA) is 43.8 Å². The zero-order chi connectivity index (χ0) is 14.0. The Morgan fingerprint density at radius 1 is 1.32 bits per heavy atom. The van der Waals surface area contributed by atoms with Crippen LogP contribution >= 0.6 is 11.6 Å². The molecule has 1 atom stereocenters. The molecule has 0 saturated carbocycles. The van der Waals surface area contributed by atoms with Gasteiger partial charge in [0.2, 0.25) is 0 Å². The number of benzene rings is 1. The first-order valence-corrected chi connectivity index (χ1v) is 6.86. The molecule has 3 nitrogen and oxygen atoms in total. The van der Waals surface area contributed by atoms with Gasteiger partial charge in [-0.25, -0.2) is 0 Å². The average molecular weight is 278 g/mol. The van der Waals surface area contributed by atoms with Gasteiger partial charge in [-0.2, -0.15) is 5.10 Å². The molecule has 0 saturated heterocycles. The van der Waals surface area contributed by atoms with Crippen molar-refractivity contribution in [1.29, 1.82) is 0 Å². The molecule has 0 bridgehead atoms. The van der Waals surface area contributed by atoms with Gasteiger partial charge in [-0.1, -0.05) is 35.9 Å². The molecule has 0 fully saturated rings. The first-order valence-electron chi connectivity index (χ1n) is 6.48. The monoisotopic (exact) mass is 277 g/mol. The molecule has 0 spiro atoms. The van der Waals surface area contributed by atoms with Crippen molar-refractivity contribution in [2.75, 3.05) is 6.54 Å². The van der Waals surface area contributed by atoms with E-state index in [0.29, 0.717) is 11.7 Å². The normalized spacial score (nSPS) is 12.7. The predicted molar refractivity (Wildman–Crippen MR) is 79.6 cm³/mol. The lowest BCUT2D eigenvalue weighted by Crippen LogP contribution is -2.16. The van der Waals surface area contributed by atoms with Gasteiger partial charge in [0.15, 0.2) is 0 Å². The molecule has 2 aromatic rings. The van der Waals surface area contributed by atoms with Crippen LogP contribution in [0.25, 0.3) is 0 Å². The third-order valence-electron chi connectivity index (χ3n) is 3.63. The van der Waals surface area contributed by atoms with Crippen molar-refractivity contribution in [3.05, 3.63) is 51.8 Å². The van der Waals surface area contributed by atoms with Crippen LogP contribution < -0.4 is 5.73 Å². The van der Waals surface area contributed by atoms with Crippen molar-refractivity contribution in [3.8, 4) is 0 Å². The fraction of sp³-hybridized carbons (Fsp3) is 0.400. The number of hydrogen-bond donors (Lipinski definition) is 1. The Bertz CT molecular complexity index is 575. The SMILES string of the molecule is Cc1ccccc1C(CN)Cc1c(C)nn(C)c1Cl. The molecule has 4 heteroatoms. The van der Waals surface area contributed by atoms with Crippen LogP contribution in [0, 0.1) is 13.8 Å². The van der Waals surface area contributed by atoms with Crippen LogP contribution in [0.1, 0.15) is 28.3 Å². The van der Waals surface area contributed by atoms with E-state index in [9.17, 15) is 0 Å². The van der Waals surface area contributed by atoms with Crippen molar-refractivity contribution in [2.45, 2.75) is 26.2 Å². The van der Waals surface area contributed by atoms with Gasteiger partial charge in [-0.05, 0) is 37.9 Å². The Balaban J connectivity index is 2.32. The standard InChI is InChI=1S/C15H20ClN3/c1-10-6-4-5-7-13(10)12(9-17)8-14-11(2)18-19(3)15(14)16/h4-7,12H,8-9,17H2,1-3H3. The van der Waals surface area contributed by atoms with Crippen molar-refractivity contribution in [1.82, 2.24) is 9.78 Å². The van der Waals surface area contributed by atoms with Crippen LogP contribution in [0.4, 0.5) is 0 Å². The minimum atomic E-state index is 0.279. The first kappa shape index (κ1) is 14.1. The highest BCUT2D eigenvalue weighted by molar-refractivity contribution is 6.30. The minimum absolute atomic E-state index is 0.279. The Morgan fingerprint density at radius 2 is 2.00 bits per heavy atom. The van der Waals surface area contributed by atoms with E-state index in [2.05, 4.69) is 36.3 Å². The maximum absolute atomic E-state index is 6.30. The second kappa shape index (κ2) is 5.76. The average Bonchev–Trinajstić information content (AvgIpc) is 2.63. The lowest BCUT2D eigenvalue weighted by molar-refractivity contribution is 0.687. The molecule has 19 heavy (non-hydrogen) atoms. The highest BCUT2D eigenvalue weighted by atomic mass is 35.5. The van der Waals surface area contributed by atoms with Gasteiger partial charge in [-0.15, -0.1) is 0 Å². The van der Waals surface area contributed by atoms with Crippen LogP contribution in [-0.2, 0) is 13.5 Å². The number of rotatable bonds is 4. The summed E-state index contributed by atoms with van der Waals surface area (Å²) in [6, 6.07) is 8.37. The van der Waals surface area contributed by atoms with Gasteiger partial charge >= 0.3 is 0 Å². The number of nitrogens with zero attached hydrogens (tertiary/aromatic N) is 2. The largest absolute Gasteiger partial charge is 0.330 e. The fourth-order valence-corrected chi connectivity index (χ4v) is 2.77. The molecule has 2 N–H and O–H groups in total. The summed E-state index contributed by atoms with van der Waals surface area (Å²) in [5.74, 6) is 0.279. The van der Waals surface area contributed by atoms with Crippen molar-refractivity contribution >= 4 is 11.6 Å². The first-order chi connectivity index (χ1) is 9.04. The van der Waals surface area contributed by atoms with Gasteiger partial charge in [0.1, 0.15) is 5.15 Å². The van der Waals surface area contributed by atoms with Crippen LogP contribution in [0.2, 0.25) is 5.15 Å². The number of hydrogen-bond acceptors (Lipinski definition) is 2. The molecule has 1 heterocycles. The summed E-state index contributed by atoms with van der Waals surface area (Å²) < 4.78 is 1.72. The van der Waals surface area contributed by atoms with Gasteiger partial charge in [0.05, 0.1) is 5.69 Å². The molecular formula is C15H20ClN3. The number of aromatic nitrogens is 2. The van der Waals surface area contributed by atoms with Crippen molar-refractivity contribution in [3.63, 3.8) is 0 Å². The second-order valence-electron chi connectivity index (χ2n) is 4.97. The molecule has 0 radical (unpaired) electrons. The molecule has 1 aromatic heterocycles. The molecule has 0 aliphatic rings. The van der Waals surface area contributed by atoms with Gasteiger partial charge in [0.25, 0.3) is 0 Å². The second-order valence-corrected chi connectivity index (χ2v) is 5.33. The quantitative estimate of drug-likeness (QED) is 0.934. The Labute approximate surface area is 119 Å². The summed E-state index contributed by atoms with van der Waals surface area (Å²) in [5, 5.41) is 5.07. The number of halogens is 1. The summed E-state index contributed by atoms with van der Waals surface area (Å²) in [5.41, 5.74) is 10.6. The fourth-order valence-electron chi connectivity index (χ4n) is 2.52. The minimum Gasteiger partial charge on any atom is -0.330 e. The zero-order valence-electron chi connectivity index (χ0n) is 11.7. The van der Waals surface area contributed by atoms with Crippen LogP contribution in [0.3, 0.4) is 0 Å². The van der Waals surface area contributed by atoms with E-state index in [4.69, 9.17) is 17.3 Å². The van der Waals surface area contributed by atoms with Crippen LogP contribution in [-0.4, -0.2) is 16.3 Å². The van der Waals surface area contributed by atoms with Crippen LogP contribution in [0.15, 0.2) is 24.3 Å². The van der Waals surface area contributed by atoms with Crippen molar-refractivity contribution < 1.29 is 0 Å². The Kier molecular flexibility index (Phi) is 4.27. The van der Waals surface area contributed by atoms with E-state index in [0.717, 1.165) is 17.7 Å². The van der Waals surface area contributed by atoms with Gasteiger partial charge < -0.3 is 5.73 Å². The molecule has 1 unspecified atom stereocenters. The van der Waals surface area contributed by atoms with E-state index in [1.165, 1.54) is 11.1 Å². The Hall–Kier alpha value is -1.32. The van der Waals surface area contributed by atoms with Crippen LogP contribution in [0.5, 0.6) is 0 Å². The summed E-state index contributed by atoms with van der Waals surface area (Å²) in [6.45, 7) is 4.72. The molecule has 0 aliphatic heterocycles. The summed E-state index contributed by atoms with van der Waals surface area (Å²) in [6.07, 6.45) is 0.833. The number of nitrogens with two attached hydrogens (primary N) is 1. The lowest BCUT2D eigenvalue weighted by Gasteiger charge is -2.17. The highest BCUT2D eigenvalue weighted by Crippen LogP contribution is 2.28. The zero-order valence-corrected chi connectivity index (χ0v) is 12.4. The van der Waals surface area contributed by atoms with Gasteiger partial charge in [0, 0.05) is 18.5 Å². The molecule has 2 rings (SSSR count). The molecular weight excluding hydrogens is 258 g/mol. The van der Waals surface area contributed by atoms with E-state index >= 15 is 0 Å². The van der Waals surface area contributed by atoms with Gasteiger partial charge in [-0.3, -0.25) is 4.68 Å². The van der Waals surface area contributed by atoms with Crippen molar-refractivity contribution in [2.24, 2.45) is 12.8 Å².